The second kappa shape index (κ2) is 9.44. The SMILES string of the molecule is CC(C)(C)OC(=O)NCC(=O)CCC(CF)NC(=O)OC(C)(C)C. The number of amides is 2. The number of carbonyl (C=O) groups is 3. The van der Waals surface area contributed by atoms with Crippen LogP contribution >= 0.6 is 0 Å². The molecule has 1 unspecified atom stereocenters. The lowest BCUT2D eigenvalue weighted by atomic mass is 10.1. The van der Waals surface area contributed by atoms with E-state index in [2.05, 4.69) is 10.6 Å². The number of alkyl halides is 1. The van der Waals surface area contributed by atoms with E-state index in [-0.39, 0.29) is 25.2 Å². The normalized spacial score (nSPS) is 13.0. The molecule has 0 aromatic carbocycles. The third kappa shape index (κ3) is 12.7. The molecule has 0 bridgehead atoms. The monoisotopic (exact) mass is 348 g/mol. The number of alkyl carbamates (subject to hydrolysis) is 2. The highest BCUT2D eigenvalue weighted by Gasteiger charge is 2.21. The Kier molecular flexibility index (Phi) is 8.71. The van der Waals surface area contributed by atoms with Gasteiger partial charge in [-0.05, 0) is 48.0 Å². The maximum Gasteiger partial charge on any atom is 0.408 e. The van der Waals surface area contributed by atoms with Gasteiger partial charge >= 0.3 is 12.2 Å². The van der Waals surface area contributed by atoms with Gasteiger partial charge in [-0.15, -0.1) is 0 Å². The second-order valence-electron chi connectivity index (χ2n) is 7.43. The summed E-state index contributed by atoms with van der Waals surface area (Å²) in [7, 11) is 0. The van der Waals surface area contributed by atoms with Gasteiger partial charge in [0.05, 0.1) is 12.6 Å². The van der Waals surface area contributed by atoms with Gasteiger partial charge in [0.1, 0.15) is 17.9 Å². The number of ketones is 1. The summed E-state index contributed by atoms with van der Waals surface area (Å²) in [4.78, 5) is 34.7. The highest BCUT2D eigenvalue weighted by molar-refractivity contribution is 5.84. The maximum absolute atomic E-state index is 12.9. The number of ether oxygens (including phenoxy) is 2. The first kappa shape index (κ1) is 22.1. The Morgan fingerprint density at radius 1 is 0.958 bits per heavy atom. The summed E-state index contributed by atoms with van der Waals surface area (Å²) >= 11 is 0. The Labute approximate surface area is 142 Å². The third-order valence-electron chi connectivity index (χ3n) is 2.51. The minimum atomic E-state index is -0.815. The van der Waals surface area contributed by atoms with Crippen molar-refractivity contribution >= 4 is 18.0 Å². The Bertz CT molecular complexity index is 441. The first-order valence-electron chi connectivity index (χ1n) is 7.86. The maximum atomic E-state index is 12.9. The van der Waals surface area contributed by atoms with Crippen molar-refractivity contribution < 1.29 is 28.2 Å². The van der Waals surface area contributed by atoms with E-state index in [9.17, 15) is 18.8 Å². The highest BCUT2D eigenvalue weighted by atomic mass is 19.1. The third-order valence-corrected chi connectivity index (χ3v) is 2.51. The number of Topliss-reactive ketones (excluding diaryl/α,β-unsaturated/α-hetero) is 1. The zero-order valence-corrected chi connectivity index (χ0v) is 15.3. The molecule has 0 radical (unpaired) electrons. The average molecular weight is 348 g/mol. The van der Waals surface area contributed by atoms with Crippen LogP contribution in [-0.4, -0.2) is 48.4 Å². The summed E-state index contributed by atoms with van der Waals surface area (Å²) in [6.07, 6.45) is -1.29. The molecular weight excluding hydrogens is 319 g/mol. The molecule has 2 amide bonds. The summed E-state index contributed by atoms with van der Waals surface area (Å²) in [5.41, 5.74) is -1.33. The van der Waals surface area contributed by atoms with Crippen molar-refractivity contribution in [1.82, 2.24) is 10.6 Å². The predicted molar refractivity (Wildman–Crippen MR) is 87.6 cm³/mol. The molecule has 0 saturated carbocycles. The minimum Gasteiger partial charge on any atom is -0.444 e. The van der Waals surface area contributed by atoms with E-state index in [0.717, 1.165) is 0 Å². The van der Waals surface area contributed by atoms with Crippen molar-refractivity contribution in [2.45, 2.75) is 71.6 Å². The molecule has 0 aromatic heterocycles. The lowest BCUT2D eigenvalue weighted by molar-refractivity contribution is -0.118. The van der Waals surface area contributed by atoms with Gasteiger partial charge in [-0.25, -0.2) is 14.0 Å². The molecule has 0 saturated heterocycles. The van der Waals surface area contributed by atoms with Crippen LogP contribution in [0.2, 0.25) is 0 Å². The number of nitrogens with one attached hydrogen (secondary N) is 2. The van der Waals surface area contributed by atoms with E-state index in [1.54, 1.807) is 41.5 Å². The molecule has 0 aromatic rings. The van der Waals surface area contributed by atoms with E-state index in [1.165, 1.54) is 0 Å². The number of halogens is 1. The van der Waals surface area contributed by atoms with E-state index in [0.29, 0.717) is 0 Å². The average Bonchev–Trinajstić information content (AvgIpc) is 2.37. The van der Waals surface area contributed by atoms with Crippen LogP contribution in [0.3, 0.4) is 0 Å². The number of hydrogen-bond acceptors (Lipinski definition) is 5. The minimum absolute atomic E-state index is 0.0141. The summed E-state index contributed by atoms with van der Waals surface area (Å²) in [6.45, 7) is 9.20. The molecule has 0 aliphatic rings. The van der Waals surface area contributed by atoms with E-state index >= 15 is 0 Å². The van der Waals surface area contributed by atoms with Gasteiger partial charge in [0.25, 0.3) is 0 Å². The summed E-state index contributed by atoms with van der Waals surface area (Å²) < 4.78 is 23.0. The van der Waals surface area contributed by atoms with Crippen molar-refractivity contribution in [3.63, 3.8) is 0 Å². The van der Waals surface area contributed by atoms with Crippen molar-refractivity contribution in [3.05, 3.63) is 0 Å². The zero-order valence-electron chi connectivity index (χ0n) is 15.3. The van der Waals surface area contributed by atoms with E-state index in [1.807, 2.05) is 0 Å². The molecule has 0 rings (SSSR count). The van der Waals surface area contributed by atoms with Crippen molar-refractivity contribution in [1.29, 1.82) is 0 Å². The standard InChI is InChI=1S/C16H29FN2O5/c1-15(2,3)23-13(21)18-10-12(20)8-7-11(9-17)19-14(22)24-16(4,5)6/h11H,7-10H2,1-6H3,(H,18,21)(H,19,22). The molecule has 0 aliphatic carbocycles. The number of carbonyl (C=O) groups excluding carboxylic acids is 3. The van der Waals surface area contributed by atoms with Crippen LogP contribution in [0.5, 0.6) is 0 Å². The van der Waals surface area contributed by atoms with Crippen molar-refractivity contribution in [2.75, 3.05) is 13.2 Å². The molecular formula is C16H29FN2O5. The van der Waals surface area contributed by atoms with E-state index < -0.39 is 36.1 Å². The van der Waals surface area contributed by atoms with Crippen LogP contribution in [-0.2, 0) is 14.3 Å². The molecule has 1 atom stereocenters. The van der Waals surface area contributed by atoms with Gasteiger partial charge in [-0.3, -0.25) is 4.79 Å². The largest absolute Gasteiger partial charge is 0.444 e. The molecule has 8 heteroatoms. The van der Waals surface area contributed by atoms with E-state index in [4.69, 9.17) is 9.47 Å². The summed E-state index contributed by atoms with van der Waals surface area (Å²) in [6, 6.07) is -0.815. The molecule has 0 aliphatic heterocycles. The van der Waals surface area contributed by atoms with Gasteiger partial charge in [-0.2, -0.15) is 0 Å². The van der Waals surface area contributed by atoms with Gasteiger partial charge in [-0.1, -0.05) is 0 Å². The smallest absolute Gasteiger partial charge is 0.408 e. The first-order chi connectivity index (χ1) is 10.8. The number of rotatable bonds is 7. The number of hydrogen-bond donors (Lipinski definition) is 2. The quantitative estimate of drug-likeness (QED) is 0.738. The lowest BCUT2D eigenvalue weighted by Gasteiger charge is -2.22. The Hall–Kier alpha value is -1.86. The van der Waals surface area contributed by atoms with Crippen LogP contribution in [0.1, 0.15) is 54.4 Å². The summed E-state index contributed by atoms with van der Waals surface area (Å²) in [5, 5.41) is 4.71. The summed E-state index contributed by atoms with van der Waals surface area (Å²) in [5.74, 6) is -0.287. The Balaban J connectivity index is 4.14. The van der Waals surface area contributed by atoms with Gasteiger partial charge in [0, 0.05) is 6.42 Å². The van der Waals surface area contributed by atoms with Crippen LogP contribution in [0.4, 0.5) is 14.0 Å². The van der Waals surface area contributed by atoms with Crippen LogP contribution in [0, 0.1) is 0 Å². The van der Waals surface area contributed by atoms with Crippen LogP contribution in [0.25, 0.3) is 0 Å². The fraction of sp³-hybridized carbons (Fsp3) is 0.812. The van der Waals surface area contributed by atoms with Crippen molar-refractivity contribution in [3.8, 4) is 0 Å². The Morgan fingerprint density at radius 2 is 1.46 bits per heavy atom. The first-order valence-corrected chi connectivity index (χ1v) is 7.86. The molecule has 140 valence electrons. The molecule has 0 spiro atoms. The van der Waals surface area contributed by atoms with Gasteiger partial charge in [0.15, 0.2) is 5.78 Å². The molecule has 7 nitrogen and oxygen atoms in total. The second-order valence-corrected chi connectivity index (χ2v) is 7.43. The van der Waals surface area contributed by atoms with Gasteiger partial charge in [0.2, 0.25) is 0 Å². The van der Waals surface area contributed by atoms with Crippen LogP contribution < -0.4 is 10.6 Å². The molecule has 2 N–H and O–H groups in total. The molecule has 0 fully saturated rings. The fourth-order valence-corrected chi connectivity index (χ4v) is 1.57. The van der Waals surface area contributed by atoms with Crippen molar-refractivity contribution in [2.24, 2.45) is 0 Å². The Morgan fingerprint density at radius 3 is 1.92 bits per heavy atom. The topological polar surface area (TPSA) is 93.7 Å². The zero-order chi connectivity index (χ0) is 19.0. The highest BCUT2D eigenvalue weighted by Crippen LogP contribution is 2.08. The lowest BCUT2D eigenvalue weighted by Crippen LogP contribution is -2.41. The molecule has 0 heterocycles. The van der Waals surface area contributed by atoms with Crippen LogP contribution in [0.15, 0.2) is 0 Å². The molecule has 24 heavy (non-hydrogen) atoms. The predicted octanol–water partition coefficient (Wildman–Crippen LogP) is 2.72. The van der Waals surface area contributed by atoms with Gasteiger partial charge < -0.3 is 20.1 Å². The fourth-order valence-electron chi connectivity index (χ4n) is 1.57.